The minimum atomic E-state index is 0. The summed E-state index contributed by atoms with van der Waals surface area (Å²) in [7, 11) is 0. The van der Waals surface area contributed by atoms with Crippen LogP contribution >= 0.6 is 25.7 Å². The molecule has 1 nitrogen and oxygen atoms in total. The first-order valence-electron chi connectivity index (χ1n) is 0.993. The molecule has 0 aromatic heterocycles. The van der Waals surface area contributed by atoms with Crippen molar-refractivity contribution in [2.24, 2.45) is 5.73 Å². The van der Waals surface area contributed by atoms with E-state index < -0.39 is 0 Å². The van der Waals surface area contributed by atoms with E-state index in [-0.39, 0.29) is 58.8 Å². The Kier molecular flexibility index (Phi) is 52.1. The third-order valence-corrected chi connectivity index (χ3v) is 0. The molecule has 5 radical (unpaired) electrons. The zero-order chi connectivity index (χ0) is 3.58. The molecule has 0 rings (SSSR count). The van der Waals surface area contributed by atoms with Crippen molar-refractivity contribution in [3.05, 3.63) is 0 Å². The van der Waals surface area contributed by atoms with Gasteiger partial charge in [-0.1, -0.05) is 12.2 Å². The Morgan fingerprint density at radius 3 is 1.57 bits per heavy atom. The van der Waals surface area contributed by atoms with Crippen LogP contribution in [0.4, 0.5) is 0 Å². The molecule has 0 spiro atoms. The monoisotopic (exact) mass is 286 g/mol. The Hall–Kier alpha value is 1.73. The molecular weight excluding hydrogens is 282 g/mol. The van der Waals surface area contributed by atoms with Crippen LogP contribution in [0.2, 0.25) is 0 Å². The number of hydrogen-bond acceptors (Lipinski definition) is 1. The van der Waals surface area contributed by atoms with E-state index in [1.807, 2.05) is 0 Å². The van der Waals surface area contributed by atoms with Crippen molar-refractivity contribution in [2.75, 3.05) is 0 Å². The van der Waals surface area contributed by atoms with Gasteiger partial charge in [0.1, 0.15) is 0 Å². The molecule has 0 bridgehead atoms. The molecule has 0 heterocycles. The van der Waals surface area contributed by atoms with Crippen molar-refractivity contribution in [3.8, 4) is 0 Å². The van der Waals surface area contributed by atoms with Gasteiger partial charge in [0.2, 0.25) is 0 Å². The molecule has 0 atom stereocenters. The maximum absolute atomic E-state index is 4.84. The molecule has 7 heavy (non-hydrogen) atoms. The molecule has 0 aliphatic heterocycles. The molecule has 0 aliphatic rings. The molecule has 0 aromatic carbocycles. The summed E-state index contributed by atoms with van der Waals surface area (Å²) < 4.78 is 0. The van der Waals surface area contributed by atoms with Crippen LogP contribution in [0, 0.1) is 0 Å². The fourth-order valence-corrected chi connectivity index (χ4v) is 0. The van der Waals surface area contributed by atoms with Gasteiger partial charge in [0.25, 0.3) is 0 Å². The first kappa shape index (κ1) is 23.3. The number of nitrogens with two attached hydrogens (primary N) is 1. The zero-order valence-corrected chi connectivity index (χ0v) is 12.1. The van der Waals surface area contributed by atoms with E-state index in [1.165, 1.54) is 0 Å². The van der Waals surface area contributed by atoms with Crippen LogP contribution in [-0.4, -0.2) is 30.8 Å². The minimum absolute atomic E-state index is 0. The Labute approximate surface area is 87.8 Å². The molecule has 0 aliphatic carbocycles. The molecule has 5 heteroatoms. The number of thiocarbonyl (C=S) groups is 1. The quantitative estimate of drug-likeness (QED) is 0.520. The van der Waals surface area contributed by atoms with E-state index in [0.717, 1.165) is 0 Å². The van der Waals surface area contributed by atoms with E-state index in [1.54, 1.807) is 6.92 Å². The van der Waals surface area contributed by atoms with Crippen molar-refractivity contribution in [2.45, 2.75) is 6.92 Å². The zero-order valence-electron chi connectivity index (χ0n) is 4.18. The average molecular weight is 287 g/mol. The van der Waals surface area contributed by atoms with Crippen LogP contribution in [-0.2, 0) is 19.5 Å². The largest absolute Gasteiger partial charge is 0.394 e. The molecule has 0 saturated heterocycles. The van der Waals surface area contributed by atoms with E-state index in [0.29, 0.717) is 4.99 Å². The van der Waals surface area contributed by atoms with Crippen LogP contribution in [0.5, 0.6) is 0 Å². The Morgan fingerprint density at radius 1 is 1.57 bits per heavy atom. The Morgan fingerprint density at radius 2 is 1.57 bits per heavy atom. The van der Waals surface area contributed by atoms with E-state index in [4.69, 9.17) is 5.73 Å². The van der Waals surface area contributed by atoms with Gasteiger partial charge in [-0.3, -0.25) is 0 Å². The van der Waals surface area contributed by atoms with E-state index in [9.17, 15) is 0 Å². The summed E-state index contributed by atoms with van der Waals surface area (Å²) in [4.78, 5) is 0.500. The van der Waals surface area contributed by atoms with Gasteiger partial charge in [-0.05, 0) is 6.92 Å². The molecule has 0 aromatic rings. The van der Waals surface area contributed by atoms with Crippen molar-refractivity contribution < 1.29 is 19.5 Å². The SMILES string of the molecule is CC(N)=S.[In].[S].[Zn]. The molecule has 35 valence electrons. The molecule has 2 N–H and O–H groups in total. The Balaban J connectivity index is -0.0000000150. The van der Waals surface area contributed by atoms with E-state index in [2.05, 4.69) is 12.2 Å². The van der Waals surface area contributed by atoms with Gasteiger partial charge in [-0.2, -0.15) is 0 Å². The topological polar surface area (TPSA) is 26.0 Å². The predicted molar refractivity (Wildman–Crippen MR) is 35.8 cm³/mol. The van der Waals surface area contributed by atoms with Crippen molar-refractivity contribution in [1.82, 2.24) is 0 Å². The second-order valence-corrected chi connectivity index (χ2v) is 1.25. The van der Waals surface area contributed by atoms with Crippen molar-refractivity contribution >= 4 is 56.5 Å². The van der Waals surface area contributed by atoms with Crippen molar-refractivity contribution in [3.63, 3.8) is 0 Å². The summed E-state index contributed by atoms with van der Waals surface area (Å²) in [6.07, 6.45) is 0. The van der Waals surface area contributed by atoms with Gasteiger partial charge in [-0.15, -0.1) is 0 Å². The maximum atomic E-state index is 4.84. The van der Waals surface area contributed by atoms with Gasteiger partial charge in [-0.25, -0.2) is 0 Å². The van der Waals surface area contributed by atoms with Crippen LogP contribution in [0.1, 0.15) is 6.92 Å². The second kappa shape index (κ2) is 15.6. The third kappa shape index (κ3) is 84.6. The predicted octanol–water partition coefficient (Wildman–Crippen LogP) is 0.557. The molecule has 0 unspecified atom stereocenters. The van der Waals surface area contributed by atoms with Crippen LogP contribution in [0.15, 0.2) is 0 Å². The smallest absolute Gasteiger partial charge is 0.0695 e. The van der Waals surface area contributed by atoms with Gasteiger partial charge in [0.15, 0.2) is 0 Å². The van der Waals surface area contributed by atoms with Gasteiger partial charge < -0.3 is 5.73 Å². The number of rotatable bonds is 0. The van der Waals surface area contributed by atoms with Crippen LogP contribution in [0.25, 0.3) is 0 Å². The summed E-state index contributed by atoms with van der Waals surface area (Å²) in [6.45, 7) is 1.68. The summed E-state index contributed by atoms with van der Waals surface area (Å²) in [5.74, 6) is 0. The summed E-state index contributed by atoms with van der Waals surface area (Å²) >= 11 is 4.31. The van der Waals surface area contributed by atoms with Gasteiger partial charge >= 0.3 is 0 Å². The molecule has 0 fully saturated rings. The van der Waals surface area contributed by atoms with Crippen LogP contribution in [0.3, 0.4) is 0 Å². The Bertz CT molecular complexity index is 38.7. The van der Waals surface area contributed by atoms with Crippen LogP contribution < -0.4 is 5.73 Å². The fraction of sp³-hybridized carbons (Fsp3) is 0.500. The third-order valence-electron chi connectivity index (χ3n) is 0. The molecule has 0 amide bonds. The number of hydrogen-bond donors (Lipinski definition) is 1. The summed E-state index contributed by atoms with van der Waals surface area (Å²) in [5.41, 5.74) is 4.84. The van der Waals surface area contributed by atoms with Crippen molar-refractivity contribution in [1.29, 1.82) is 0 Å². The maximum Gasteiger partial charge on any atom is 0.0695 e. The first-order chi connectivity index (χ1) is 1.73. The second-order valence-electron chi connectivity index (χ2n) is 0.611. The normalized spacial score (nSPS) is 3.57. The molecular formula is C2H5InNS2Zn. The minimum Gasteiger partial charge on any atom is -0.394 e. The first-order valence-corrected chi connectivity index (χ1v) is 1.40. The summed E-state index contributed by atoms with van der Waals surface area (Å²) in [6, 6.07) is 0. The van der Waals surface area contributed by atoms with E-state index >= 15 is 0 Å². The average Bonchev–Trinajstić information content (AvgIpc) is 0.811. The standard InChI is InChI=1S/C2H5NS.In.S.Zn/c1-2(3)4;;;/h1H3,(H2,3,4);;;. The molecule has 0 saturated carbocycles. The van der Waals surface area contributed by atoms with Gasteiger partial charge in [0, 0.05) is 58.8 Å². The summed E-state index contributed by atoms with van der Waals surface area (Å²) in [5, 5.41) is 0. The van der Waals surface area contributed by atoms with Gasteiger partial charge in [0.05, 0.1) is 4.99 Å². The fourth-order valence-electron chi connectivity index (χ4n) is 0.